The van der Waals surface area contributed by atoms with Crippen molar-refractivity contribution in [2.24, 2.45) is 0 Å². The zero-order valence-corrected chi connectivity index (χ0v) is 25.3. The molecule has 3 heterocycles. The number of amides is 1. The monoisotopic (exact) mass is 594 g/mol. The van der Waals surface area contributed by atoms with Crippen LogP contribution in [0.3, 0.4) is 0 Å². The van der Waals surface area contributed by atoms with Gasteiger partial charge in [0, 0.05) is 85.1 Å². The van der Waals surface area contributed by atoms with E-state index in [1.807, 2.05) is 6.07 Å². The molecule has 0 radical (unpaired) electrons. The number of ether oxygens (including phenoxy) is 1. The number of phenols is 2. The third kappa shape index (κ3) is 6.13. The number of hydrogen-bond donors (Lipinski definition) is 3. The third-order valence-electron chi connectivity index (χ3n) is 8.48. The minimum Gasteiger partial charge on any atom is -0.506 e. The number of piperazine rings is 1. The summed E-state index contributed by atoms with van der Waals surface area (Å²) >= 11 is 0. The van der Waals surface area contributed by atoms with Crippen molar-refractivity contribution in [1.29, 1.82) is 0 Å². The summed E-state index contributed by atoms with van der Waals surface area (Å²) in [7, 11) is 2.19. The lowest BCUT2D eigenvalue weighted by molar-refractivity contribution is 0.102. The standard InChI is InChI=1S/C34H38N6O4/c1-23-24(2)40(12-5-11-38-16-14-37(3)15-17-38)30-9-8-28(21-29(23)30)44-27-7-4-6-25(18-27)34(43)36-26-19-31(41)33(32(42)20-26)39-13-10-35-22-39/h4,6-10,13,18-22,41-42H,5,11-12,14-17H2,1-3H3,(H,36,43). The molecule has 10 heteroatoms. The molecule has 5 aromatic rings. The highest BCUT2D eigenvalue weighted by Crippen LogP contribution is 2.35. The first-order chi connectivity index (χ1) is 21.3. The van der Waals surface area contributed by atoms with Gasteiger partial charge in [-0.1, -0.05) is 6.07 Å². The van der Waals surface area contributed by atoms with Gasteiger partial charge in [-0.2, -0.15) is 0 Å². The van der Waals surface area contributed by atoms with Crippen molar-refractivity contribution >= 4 is 22.5 Å². The van der Waals surface area contributed by atoms with Gasteiger partial charge in [0.15, 0.2) is 0 Å². The molecule has 1 aliphatic rings. The van der Waals surface area contributed by atoms with Crippen molar-refractivity contribution in [3.63, 3.8) is 0 Å². The number of hydrogen-bond acceptors (Lipinski definition) is 7. The van der Waals surface area contributed by atoms with Crippen LogP contribution in [-0.4, -0.2) is 79.8 Å². The largest absolute Gasteiger partial charge is 0.506 e. The molecular formula is C34H38N6O4. The number of phenolic OH excluding ortho intramolecular Hbond substituents is 2. The number of aromatic hydroxyl groups is 2. The second-order valence-electron chi connectivity index (χ2n) is 11.5. The van der Waals surface area contributed by atoms with Crippen LogP contribution in [0.4, 0.5) is 5.69 Å². The summed E-state index contributed by atoms with van der Waals surface area (Å²) in [6.07, 6.45) is 5.71. The fourth-order valence-corrected chi connectivity index (χ4v) is 5.88. The molecule has 3 N–H and O–H groups in total. The summed E-state index contributed by atoms with van der Waals surface area (Å²) in [5.74, 6) is 0.428. The Morgan fingerprint density at radius 2 is 1.70 bits per heavy atom. The first kappa shape index (κ1) is 29.3. The molecule has 0 saturated carbocycles. The second-order valence-corrected chi connectivity index (χ2v) is 11.5. The predicted octanol–water partition coefficient (Wildman–Crippen LogP) is 5.54. The molecule has 228 valence electrons. The van der Waals surface area contributed by atoms with E-state index in [-0.39, 0.29) is 22.9 Å². The highest BCUT2D eigenvalue weighted by atomic mass is 16.5. The van der Waals surface area contributed by atoms with E-state index in [0.29, 0.717) is 17.1 Å². The van der Waals surface area contributed by atoms with Crippen LogP contribution in [-0.2, 0) is 6.54 Å². The zero-order valence-electron chi connectivity index (χ0n) is 25.3. The van der Waals surface area contributed by atoms with Crippen LogP contribution in [0.15, 0.2) is 73.3 Å². The molecule has 44 heavy (non-hydrogen) atoms. The van der Waals surface area contributed by atoms with Crippen LogP contribution < -0.4 is 10.1 Å². The van der Waals surface area contributed by atoms with Gasteiger partial charge < -0.3 is 34.6 Å². The van der Waals surface area contributed by atoms with E-state index in [1.165, 1.54) is 46.0 Å². The van der Waals surface area contributed by atoms with E-state index < -0.39 is 5.91 Å². The molecule has 6 rings (SSSR count). The average Bonchev–Trinajstić information content (AvgIpc) is 3.61. The van der Waals surface area contributed by atoms with Gasteiger partial charge in [0.1, 0.15) is 28.7 Å². The molecule has 1 aliphatic heterocycles. The maximum Gasteiger partial charge on any atom is 0.255 e. The van der Waals surface area contributed by atoms with Crippen molar-refractivity contribution in [3.8, 4) is 28.7 Å². The Morgan fingerprint density at radius 3 is 2.43 bits per heavy atom. The van der Waals surface area contributed by atoms with Crippen LogP contribution >= 0.6 is 0 Å². The van der Waals surface area contributed by atoms with Gasteiger partial charge in [0.05, 0.1) is 6.33 Å². The maximum absolute atomic E-state index is 13.1. The first-order valence-corrected chi connectivity index (χ1v) is 14.9. The van der Waals surface area contributed by atoms with Crippen molar-refractivity contribution in [1.82, 2.24) is 23.9 Å². The Kier molecular flexibility index (Phi) is 8.28. The third-order valence-corrected chi connectivity index (χ3v) is 8.48. The van der Waals surface area contributed by atoms with Gasteiger partial charge in [-0.25, -0.2) is 4.98 Å². The topological polar surface area (TPSA) is 108 Å². The summed E-state index contributed by atoms with van der Waals surface area (Å²) < 4.78 is 10.1. The van der Waals surface area contributed by atoms with Crippen LogP contribution in [0.1, 0.15) is 28.0 Å². The SMILES string of the molecule is Cc1c(C)n(CCCN2CCN(C)CC2)c2ccc(Oc3cccc(C(=O)Nc4cc(O)c(-n5ccnc5)c(O)c4)c3)cc12. The molecule has 1 saturated heterocycles. The molecule has 10 nitrogen and oxygen atoms in total. The lowest BCUT2D eigenvalue weighted by Gasteiger charge is -2.32. The van der Waals surface area contributed by atoms with Gasteiger partial charge in [0.25, 0.3) is 5.91 Å². The normalized spacial score (nSPS) is 14.2. The first-order valence-electron chi connectivity index (χ1n) is 14.9. The maximum atomic E-state index is 13.1. The summed E-state index contributed by atoms with van der Waals surface area (Å²) in [5, 5.41) is 24.8. The number of fused-ring (bicyclic) bond motifs is 1. The van der Waals surface area contributed by atoms with E-state index in [1.54, 1.807) is 30.5 Å². The number of likely N-dealkylation sites (N-methyl/N-ethyl adjacent to an activating group) is 1. The lowest BCUT2D eigenvalue weighted by atomic mass is 10.1. The molecular weight excluding hydrogens is 556 g/mol. The molecule has 0 unspecified atom stereocenters. The summed E-state index contributed by atoms with van der Waals surface area (Å²) in [4.78, 5) is 21.9. The Bertz CT molecular complexity index is 1760. The minimum absolute atomic E-state index is 0.180. The van der Waals surface area contributed by atoms with Crippen LogP contribution in [0.5, 0.6) is 23.0 Å². The fraction of sp³-hybridized carbons (Fsp3) is 0.294. The average molecular weight is 595 g/mol. The molecule has 0 atom stereocenters. The number of imidazole rings is 1. The molecule has 0 bridgehead atoms. The molecule has 3 aromatic carbocycles. The van der Waals surface area contributed by atoms with E-state index in [9.17, 15) is 15.0 Å². The predicted molar refractivity (Wildman–Crippen MR) is 171 cm³/mol. The number of anilines is 1. The Hall–Kier alpha value is -4.80. The minimum atomic E-state index is -0.403. The molecule has 1 amide bonds. The number of aryl methyl sites for hydroxylation is 2. The van der Waals surface area contributed by atoms with E-state index >= 15 is 0 Å². The second kappa shape index (κ2) is 12.4. The molecule has 0 aliphatic carbocycles. The van der Waals surface area contributed by atoms with Gasteiger partial charge in [0.2, 0.25) is 0 Å². The number of nitrogens with zero attached hydrogens (tertiary/aromatic N) is 5. The van der Waals surface area contributed by atoms with E-state index in [2.05, 4.69) is 57.7 Å². The quantitative estimate of drug-likeness (QED) is 0.206. The molecule has 2 aromatic heterocycles. The van der Waals surface area contributed by atoms with Crippen LogP contribution in [0.25, 0.3) is 16.6 Å². The smallest absolute Gasteiger partial charge is 0.255 e. The summed E-state index contributed by atoms with van der Waals surface area (Å²) in [6, 6.07) is 15.8. The Morgan fingerprint density at radius 1 is 0.955 bits per heavy atom. The van der Waals surface area contributed by atoms with E-state index in [4.69, 9.17) is 4.74 Å². The zero-order chi connectivity index (χ0) is 30.8. The lowest BCUT2D eigenvalue weighted by Crippen LogP contribution is -2.44. The molecule has 0 spiro atoms. The van der Waals surface area contributed by atoms with Gasteiger partial charge in [-0.05, 0) is 75.8 Å². The number of aromatic nitrogens is 3. The number of carbonyl (C=O) groups excluding carboxylic acids is 1. The summed E-state index contributed by atoms with van der Waals surface area (Å²) in [6.45, 7) is 11.0. The van der Waals surface area contributed by atoms with Crippen molar-refractivity contribution < 1.29 is 19.7 Å². The highest BCUT2D eigenvalue weighted by Gasteiger charge is 2.17. The number of rotatable bonds is 9. The highest BCUT2D eigenvalue weighted by molar-refractivity contribution is 6.04. The number of benzene rings is 3. The van der Waals surface area contributed by atoms with Gasteiger partial charge in [-0.3, -0.25) is 9.36 Å². The van der Waals surface area contributed by atoms with Gasteiger partial charge in [-0.15, -0.1) is 0 Å². The fourth-order valence-electron chi connectivity index (χ4n) is 5.88. The molecule has 1 fully saturated rings. The van der Waals surface area contributed by atoms with Gasteiger partial charge >= 0.3 is 0 Å². The number of nitrogens with one attached hydrogen (secondary N) is 1. The Balaban J connectivity index is 1.13. The summed E-state index contributed by atoms with van der Waals surface area (Å²) in [5.41, 5.74) is 4.51. The Labute approximate surface area is 256 Å². The van der Waals surface area contributed by atoms with Crippen molar-refractivity contribution in [3.05, 3.63) is 90.1 Å². The van der Waals surface area contributed by atoms with Crippen LogP contribution in [0, 0.1) is 13.8 Å². The van der Waals surface area contributed by atoms with Crippen LogP contribution in [0.2, 0.25) is 0 Å². The van der Waals surface area contributed by atoms with Crippen molar-refractivity contribution in [2.75, 3.05) is 45.1 Å². The van der Waals surface area contributed by atoms with Crippen molar-refractivity contribution in [2.45, 2.75) is 26.8 Å². The number of carbonyl (C=O) groups is 1. The van der Waals surface area contributed by atoms with E-state index in [0.717, 1.165) is 51.1 Å².